The van der Waals surface area contributed by atoms with Crippen molar-refractivity contribution in [1.82, 2.24) is 5.43 Å². The second-order valence-electron chi connectivity index (χ2n) is 3.87. The minimum Gasteiger partial charge on any atom is -0.444 e. The van der Waals surface area contributed by atoms with Gasteiger partial charge in [0.05, 0.1) is 15.8 Å². The van der Waals surface area contributed by atoms with Gasteiger partial charge in [0.1, 0.15) is 0 Å². The van der Waals surface area contributed by atoms with Gasteiger partial charge in [-0.2, -0.15) is 5.10 Å². The van der Waals surface area contributed by atoms with Crippen molar-refractivity contribution in [3.8, 4) is 0 Å². The molecule has 104 valence electrons. The molecule has 0 atom stereocenters. The molecule has 1 amide bonds. The summed E-state index contributed by atoms with van der Waals surface area (Å²) in [5, 5.41) is 4.89. The van der Waals surface area contributed by atoms with Crippen LogP contribution in [0.3, 0.4) is 0 Å². The first-order chi connectivity index (χ1) is 9.47. The van der Waals surface area contributed by atoms with Crippen LogP contribution in [0.15, 0.2) is 44.5 Å². The lowest BCUT2D eigenvalue weighted by Gasteiger charge is -2.03. The summed E-state index contributed by atoms with van der Waals surface area (Å²) in [6.45, 7) is 1.75. The third-order valence-corrected chi connectivity index (χ3v) is 3.62. The lowest BCUT2D eigenvalue weighted by atomic mass is 10.1. The van der Waals surface area contributed by atoms with Crippen LogP contribution in [0.5, 0.6) is 0 Å². The predicted octanol–water partition coefficient (Wildman–Crippen LogP) is 4.50. The van der Waals surface area contributed by atoms with Gasteiger partial charge in [-0.25, -0.2) is 5.43 Å². The monoisotopic (exact) mass is 374 g/mol. The summed E-state index contributed by atoms with van der Waals surface area (Å²) in [4.78, 5) is 11.7. The van der Waals surface area contributed by atoms with Gasteiger partial charge in [-0.1, -0.05) is 29.3 Å². The van der Waals surface area contributed by atoms with Crippen molar-refractivity contribution in [2.45, 2.75) is 6.92 Å². The van der Waals surface area contributed by atoms with E-state index in [1.54, 1.807) is 37.3 Å². The normalized spacial score (nSPS) is 11.5. The molecule has 7 heteroatoms. The minimum absolute atomic E-state index is 0.169. The molecule has 0 radical (unpaired) electrons. The van der Waals surface area contributed by atoms with Gasteiger partial charge < -0.3 is 4.42 Å². The fourth-order valence-electron chi connectivity index (χ4n) is 1.41. The van der Waals surface area contributed by atoms with Gasteiger partial charge in [0.2, 0.25) is 0 Å². The molecule has 0 aliphatic carbocycles. The summed E-state index contributed by atoms with van der Waals surface area (Å²) < 4.78 is 5.59. The van der Waals surface area contributed by atoms with Crippen molar-refractivity contribution >= 4 is 50.8 Å². The summed E-state index contributed by atoms with van der Waals surface area (Å²) in [7, 11) is 0. The SMILES string of the molecule is C/C(=N\NC(=O)c1ccc(Br)o1)c1ccc(Cl)c(Cl)c1. The third kappa shape index (κ3) is 3.62. The number of hydrogen-bond donors (Lipinski definition) is 1. The molecule has 4 nitrogen and oxygen atoms in total. The van der Waals surface area contributed by atoms with Gasteiger partial charge in [0.25, 0.3) is 0 Å². The molecule has 1 aromatic heterocycles. The van der Waals surface area contributed by atoms with Gasteiger partial charge in [-0.05, 0) is 52.7 Å². The second-order valence-corrected chi connectivity index (χ2v) is 5.47. The largest absolute Gasteiger partial charge is 0.444 e. The number of carbonyl (C=O) groups is 1. The van der Waals surface area contributed by atoms with E-state index < -0.39 is 5.91 Å². The Kier molecular flexibility index (Phi) is 4.86. The maximum Gasteiger partial charge on any atom is 0.307 e. The van der Waals surface area contributed by atoms with Gasteiger partial charge in [0.15, 0.2) is 10.4 Å². The number of nitrogens with zero attached hydrogens (tertiary/aromatic N) is 1. The summed E-state index contributed by atoms with van der Waals surface area (Å²) in [6, 6.07) is 8.29. The van der Waals surface area contributed by atoms with Crippen molar-refractivity contribution < 1.29 is 9.21 Å². The van der Waals surface area contributed by atoms with Crippen LogP contribution in [0.2, 0.25) is 10.0 Å². The van der Waals surface area contributed by atoms with Gasteiger partial charge in [-0.15, -0.1) is 0 Å². The van der Waals surface area contributed by atoms with E-state index in [9.17, 15) is 4.79 Å². The number of amides is 1. The highest BCUT2D eigenvalue weighted by molar-refractivity contribution is 9.10. The molecule has 20 heavy (non-hydrogen) atoms. The number of furan rings is 1. The minimum atomic E-state index is -0.435. The van der Waals surface area contributed by atoms with Crippen LogP contribution in [0.25, 0.3) is 0 Å². The van der Waals surface area contributed by atoms with Crippen molar-refractivity contribution in [2.75, 3.05) is 0 Å². The molecule has 0 bridgehead atoms. The van der Waals surface area contributed by atoms with Crippen LogP contribution >= 0.6 is 39.1 Å². The Morgan fingerprint density at radius 2 is 2.00 bits per heavy atom. The van der Waals surface area contributed by atoms with Crippen LogP contribution in [-0.2, 0) is 0 Å². The maximum atomic E-state index is 11.7. The van der Waals surface area contributed by atoms with Gasteiger partial charge in [-0.3, -0.25) is 4.79 Å². The molecule has 0 aliphatic rings. The van der Waals surface area contributed by atoms with Crippen LogP contribution in [0, 0.1) is 0 Å². The topological polar surface area (TPSA) is 54.6 Å². The van der Waals surface area contributed by atoms with E-state index >= 15 is 0 Å². The highest BCUT2D eigenvalue weighted by Gasteiger charge is 2.10. The fraction of sp³-hybridized carbons (Fsp3) is 0.0769. The Balaban J connectivity index is 2.10. The van der Waals surface area contributed by atoms with E-state index in [4.69, 9.17) is 27.6 Å². The van der Waals surface area contributed by atoms with Gasteiger partial charge in [0, 0.05) is 0 Å². The number of nitrogens with one attached hydrogen (secondary N) is 1. The number of halogens is 3. The quantitative estimate of drug-likeness (QED) is 0.634. The molecule has 1 heterocycles. The van der Waals surface area contributed by atoms with E-state index in [1.165, 1.54) is 0 Å². The van der Waals surface area contributed by atoms with Crippen LogP contribution in [0.4, 0.5) is 0 Å². The molecule has 0 fully saturated rings. The van der Waals surface area contributed by atoms with Crippen molar-refractivity contribution in [3.05, 3.63) is 56.4 Å². The van der Waals surface area contributed by atoms with E-state index in [0.29, 0.717) is 20.4 Å². The molecule has 0 aliphatic heterocycles. The second kappa shape index (κ2) is 6.43. The van der Waals surface area contributed by atoms with Crippen molar-refractivity contribution in [3.63, 3.8) is 0 Å². The Bertz CT molecular complexity index is 683. The standard InChI is InChI=1S/C13H9BrCl2N2O2/c1-7(8-2-3-9(15)10(16)6-8)17-18-13(19)11-4-5-12(14)20-11/h2-6H,1H3,(H,18,19)/b17-7+. The van der Waals surface area contributed by atoms with Crippen LogP contribution in [0.1, 0.15) is 23.0 Å². The number of rotatable bonds is 3. The van der Waals surface area contributed by atoms with E-state index in [1.807, 2.05) is 0 Å². The summed E-state index contributed by atoms with van der Waals surface area (Å²) >= 11 is 14.9. The molecular weight excluding hydrogens is 367 g/mol. The number of hydrazone groups is 1. The molecule has 0 saturated heterocycles. The van der Waals surface area contributed by atoms with Crippen LogP contribution < -0.4 is 5.43 Å². The highest BCUT2D eigenvalue weighted by Crippen LogP contribution is 2.22. The molecule has 2 rings (SSSR count). The Morgan fingerprint density at radius 1 is 1.25 bits per heavy atom. The third-order valence-electron chi connectivity index (χ3n) is 2.46. The maximum absolute atomic E-state index is 11.7. The molecular formula is C13H9BrCl2N2O2. The van der Waals surface area contributed by atoms with Crippen LogP contribution in [-0.4, -0.2) is 11.6 Å². The van der Waals surface area contributed by atoms with E-state index in [2.05, 4.69) is 26.5 Å². The number of hydrogen-bond acceptors (Lipinski definition) is 3. The number of carbonyl (C=O) groups excluding carboxylic acids is 1. The summed E-state index contributed by atoms with van der Waals surface area (Å²) in [5.74, 6) is -0.266. The van der Waals surface area contributed by atoms with E-state index in [0.717, 1.165) is 5.56 Å². The van der Waals surface area contributed by atoms with E-state index in [-0.39, 0.29) is 5.76 Å². The Hall–Kier alpha value is -1.30. The smallest absolute Gasteiger partial charge is 0.307 e. The molecule has 0 unspecified atom stereocenters. The summed E-state index contributed by atoms with van der Waals surface area (Å²) in [6.07, 6.45) is 0. The zero-order valence-electron chi connectivity index (χ0n) is 10.3. The first-order valence-electron chi connectivity index (χ1n) is 5.53. The van der Waals surface area contributed by atoms with Gasteiger partial charge >= 0.3 is 5.91 Å². The number of benzene rings is 1. The first-order valence-corrected chi connectivity index (χ1v) is 7.07. The molecule has 1 N–H and O–H groups in total. The average molecular weight is 376 g/mol. The fourth-order valence-corrected chi connectivity index (χ4v) is 2.02. The average Bonchev–Trinajstić information content (AvgIpc) is 2.85. The lowest BCUT2D eigenvalue weighted by Crippen LogP contribution is -2.18. The van der Waals surface area contributed by atoms with Crippen molar-refractivity contribution in [2.24, 2.45) is 5.10 Å². The summed E-state index contributed by atoms with van der Waals surface area (Å²) in [5.41, 5.74) is 3.77. The zero-order chi connectivity index (χ0) is 14.7. The molecule has 0 saturated carbocycles. The molecule has 0 spiro atoms. The molecule has 1 aromatic carbocycles. The first kappa shape index (κ1) is 15.1. The Morgan fingerprint density at radius 3 is 2.60 bits per heavy atom. The highest BCUT2D eigenvalue weighted by atomic mass is 79.9. The molecule has 2 aromatic rings. The zero-order valence-corrected chi connectivity index (χ0v) is 13.4. The lowest BCUT2D eigenvalue weighted by molar-refractivity contribution is 0.0926. The predicted molar refractivity (Wildman–Crippen MR) is 82.5 cm³/mol. The Labute approximate surface area is 133 Å². The van der Waals surface area contributed by atoms with Crippen molar-refractivity contribution in [1.29, 1.82) is 0 Å².